The minimum absolute atomic E-state index is 0.0486. The van der Waals surface area contributed by atoms with Gasteiger partial charge >= 0.3 is 0 Å². The Balaban J connectivity index is 1.40. The molecular weight excluding hydrogens is 751 g/mol. The summed E-state index contributed by atoms with van der Waals surface area (Å²) in [5.74, 6) is -3.61. The first kappa shape index (κ1) is 42.6. The van der Waals surface area contributed by atoms with Crippen LogP contribution in [0.15, 0.2) is 91.1 Å². The lowest BCUT2D eigenvalue weighted by Gasteiger charge is -2.34. The minimum Gasteiger partial charge on any atom is -0.370 e. The highest BCUT2D eigenvalue weighted by Crippen LogP contribution is 2.22. The predicted molar refractivity (Wildman–Crippen MR) is 223 cm³/mol. The molecule has 0 radical (unpaired) electrons. The second kappa shape index (κ2) is 18.7. The van der Waals surface area contributed by atoms with Crippen LogP contribution in [0.1, 0.15) is 64.2 Å². The first-order chi connectivity index (χ1) is 28.2. The minimum atomic E-state index is -1.32. The molecule has 6 rings (SSSR count). The third-order valence-electron chi connectivity index (χ3n) is 10.7. The molecule has 2 saturated heterocycles. The molecule has 14 nitrogen and oxygen atoms in total. The molecule has 312 valence electrons. The number of benzene rings is 3. The predicted octanol–water partition coefficient (Wildman–Crippen LogP) is 2.85. The molecule has 6 amide bonds. The number of ether oxygens (including phenoxy) is 1. The number of carbonyl (C=O) groups is 6. The first-order valence-corrected chi connectivity index (χ1v) is 20.3. The van der Waals surface area contributed by atoms with E-state index in [-0.39, 0.29) is 25.8 Å². The maximum Gasteiger partial charge on any atom is 0.246 e. The van der Waals surface area contributed by atoms with Gasteiger partial charge in [-0.3, -0.25) is 28.8 Å². The van der Waals surface area contributed by atoms with Gasteiger partial charge in [0.1, 0.15) is 36.3 Å². The molecule has 2 aliphatic heterocycles. The van der Waals surface area contributed by atoms with Gasteiger partial charge in [0, 0.05) is 42.9 Å². The van der Waals surface area contributed by atoms with Crippen molar-refractivity contribution < 1.29 is 33.5 Å². The number of nitrogens with zero attached hydrogens (tertiary/aromatic N) is 1. The quantitative estimate of drug-likeness (QED) is 0.158. The van der Waals surface area contributed by atoms with Crippen molar-refractivity contribution >= 4 is 46.3 Å². The number of nitrogens with one attached hydrogen (secondary N) is 6. The van der Waals surface area contributed by atoms with E-state index in [1.54, 1.807) is 13.1 Å². The van der Waals surface area contributed by atoms with E-state index >= 15 is 0 Å². The highest BCUT2D eigenvalue weighted by Gasteiger charge is 2.41. The lowest BCUT2D eigenvalue weighted by atomic mass is 10.0. The summed E-state index contributed by atoms with van der Waals surface area (Å²) >= 11 is 0. The Labute approximate surface area is 344 Å². The summed E-state index contributed by atoms with van der Waals surface area (Å²) < 4.78 is 6.24. The molecule has 0 aliphatic carbocycles. The van der Waals surface area contributed by atoms with E-state index in [4.69, 9.17) is 4.74 Å². The summed E-state index contributed by atoms with van der Waals surface area (Å²) in [6.07, 6.45) is 1.96. The van der Waals surface area contributed by atoms with Crippen LogP contribution in [0.2, 0.25) is 0 Å². The third kappa shape index (κ3) is 10.9. The van der Waals surface area contributed by atoms with Crippen molar-refractivity contribution in [3.63, 3.8) is 0 Å². The van der Waals surface area contributed by atoms with Crippen LogP contribution in [0.25, 0.3) is 10.9 Å². The van der Waals surface area contributed by atoms with Crippen LogP contribution in [0, 0.1) is 0 Å². The van der Waals surface area contributed by atoms with Gasteiger partial charge in [-0.25, -0.2) is 0 Å². The number of H-pyrrole nitrogens is 1. The van der Waals surface area contributed by atoms with Crippen molar-refractivity contribution in [2.24, 2.45) is 0 Å². The fraction of sp³-hybridized carbons (Fsp3) is 0.422. The number of carbonyl (C=O) groups excluding carboxylic acids is 6. The largest absolute Gasteiger partial charge is 0.370 e. The average molecular weight is 806 g/mol. The molecule has 7 atom stereocenters. The van der Waals surface area contributed by atoms with E-state index in [1.807, 2.05) is 106 Å². The van der Waals surface area contributed by atoms with Gasteiger partial charge in [-0.2, -0.15) is 0 Å². The maximum absolute atomic E-state index is 14.5. The third-order valence-corrected chi connectivity index (χ3v) is 10.7. The van der Waals surface area contributed by atoms with Crippen LogP contribution in [0.4, 0.5) is 0 Å². The number of fused-ring (bicyclic) bond motifs is 2. The smallest absolute Gasteiger partial charge is 0.246 e. The molecule has 2 fully saturated rings. The fourth-order valence-electron chi connectivity index (χ4n) is 7.82. The number of amides is 6. The van der Waals surface area contributed by atoms with Gasteiger partial charge in [-0.1, -0.05) is 78.9 Å². The van der Waals surface area contributed by atoms with Gasteiger partial charge in [-0.15, -0.1) is 0 Å². The Morgan fingerprint density at radius 2 is 1.22 bits per heavy atom. The molecule has 3 heterocycles. The fourth-order valence-corrected chi connectivity index (χ4v) is 7.82. The standard InChI is InChI=1S/C45H55N7O7/c1-27-39(53)48-35(25-31-26-46-33-20-13-12-19-32(31)33)40(54)49-34(23-29-15-8-6-9-16-29)41(55)51-38(28(2)59-45(3,4)5)43(57)50-36(24-30-17-10-7-11-18-30)44(58)52-22-14-21-37(52)42(56)47-27/h6-13,15-20,26-28,34-38,46H,14,21-25H2,1-5H3,(H,47,56)(H,48,53)(H,49,54)(H,50,57)(H,51,55)/t27-,28+,34-,35+,36-,37-,38-/m0/s1. The van der Waals surface area contributed by atoms with Gasteiger partial charge in [0.15, 0.2) is 0 Å². The molecular formula is C45H55N7O7. The highest BCUT2D eigenvalue weighted by molar-refractivity contribution is 5.99. The van der Waals surface area contributed by atoms with Gasteiger partial charge in [0.25, 0.3) is 0 Å². The van der Waals surface area contributed by atoms with E-state index in [0.717, 1.165) is 27.6 Å². The van der Waals surface area contributed by atoms with E-state index in [1.165, 1.54) is 11.8 Å². The van der Waals surface area contributed by atoms with Crippen molar-refractivity contribution in [2.45, 2.75) is 115 Å². The van der Waals surface area contributed by atoms with Crippen molar-refractivity contribution in [3.05, 3.63) is 108 Å². The van der Waals surface area contributed by atoms with Crippen LogP contribution < -0.4 is 26.6 Å². The molecule has 0 unspecified atom stereocenters. The van der Waals surface area contributed by atoms with Crippen LogP contribution >= 0.6 is 0 Å². The number of aromatic amines is 1. The van der Waals surface area contributed by atoms with E-state index in [0.29, 0.717) is 12.8 Å². The summed E-state index contributed by atoms with van der Waals surface area (Å²) in [6, 6.07) is 19.0. The van der Waals surface area contributed by atoms with Crippen molar-refractivity contribution in [1.29, 1.82) is 0 Å². The van der Waals surface area contributed by atoms with Crippen molar-refractivity contribution in [2.75, 3.05) is 6.54 Å². The highest BCUT2D eigenvalue weighted by atomic mass is 16.5. The Morgan fingerprint density at radius 3 is 1.88 bits per heavy atom. The van der Waals surface area contributed by atoms with Crippen LogP contribution in [-0.4, -0.2) is 99.8 Å². The van der Waals surface area contributed by atoms with Crippen LogP contribution in [0.5, 0.6) is 0 Å². The molecule has 2 aliphatic rings. The van der Waals surface area contributed by atoms with Gasteiger partial charge in [0.05, 0.1) is 11.7 Å². The zero-order valence-electron chi connectivity index (χ0n) is 34.2. The monoisotopic (exact) mass is 805 g/mol. The van der Waals surface area contributed by atoms with Crippen molar-refractivity contribution in [3.8, 4) is 0 Å². The summed E-state index contributed by atoms with van der Waals surface area (Å²) in [7, 11) is 0. The Hall–Kier alpha value is -6.02. The molecule has 4 aromatic rings. The van der Waals surface area contributed by atoms with Gasteiger partial charge in [-0.05, 0) is 70.2 Å². The van der Waals surface area contributed by atoms with Crippen LogP contribution in [0.3, 0.4) is 0 Å². The SMILES string of the molecule is C[C@@H]1NC(=O)[C@@H]2CCCN2C(=O)[C@H](Cc2ccccc2)NC(=O)[C@H]([C@@H](C)OC(C)(C)C)NC(=O)[C@H](Cc2ccccc2)NC(=O)[C@@H](Cc2c[nH]c3ccccc23)NC1=O. The van der Waals surface area contributed by atoms with Crippen LogP contribution in [-0.2, 0) is 52.8 Å². The van der Waals surface area contributed by atoms with Gasteiger partial charge < -0.3 is 41.2 Å². The zero-order chi connectivity index (χ0) is 42.3. The second-order valence-electron chi connectivity index (χ2n) is 16.5. The normalized spacial score (nSPS) is 24.5. The Bertz CT molecular complexity index is 2130. The summed E-state index contributed by atoms with van der Waals surface area (Å²) in [5, 5.41) is 15.1. The van der Waals surface area contributed by atoms with E-state index < -0.39 is 83.4 Å². The molecule has 59 heavy (non-hydrogen) atoms. The average Bonchev–Trinajstić information content (AvgIpc) is 3.86. The van der Waals surface area contributed by atoms with E-state index in [2.05, 4.69) is 31.6 Å². The lowest BCUT2D eigenvalue weighted by molar-refractivity contribution is -0.144. The molecule has 0 spiro atoms. The van der Waals surface area contributed by atoms with Crippen molar-refractivity contribution in [1.82, 2.24) is 36.5 Å². The maximum atomic E-state index is 14.5. The topological polar surface area (TPSA) is 191 Å². The number of hydrogen-bond donors (Lipinski definition) is 6. The number of hydrogen-bond acceptors (Lipinski definition) is 7. The second-order valence-corrected chi connectivity index (χ2v) is 16.5. The number of rotatable bonds is 8. The number of para-hydroxylation sites is 1. The Morgan fingerprint density at radius 1 is 0.661 bits per heavy atom. The lowest BCUT2D eigenvalue weighted by Crippen LogP contribution is -2.63. The summed E-state index contributed by atoms with van der Waals surface area (Å²) in [4.78, 5) is 90.4. The zero-order valence-corrected chi connectivity index (χ0v) is 34.2. The van der Waals surface area contributed by atoms with Gasteiger partial charge in [0.2, 0.25) is 35.4 Å². The molecule has 0 bridgehead atoms. The summed E-state index contributed by atoms with van der Waals surface area (Å²) in [6.45, 7) is 8.91. The Kier molecular flexibility index (Phi) is 13.5. The molecule has 1 aromatic heterocycles. The number of aromatic nitrogens is 1. The first-order valence-electron chi connectivity index (χ1n) is 20.3. The molecule has 3 aromatic carbocycles. The molecule has 6 N–H and O–H groups in total. The molecule has 14 heteroatoms. The summed E-state index contributed by atoms with van der Waals surface area (Å²) in [5.41, 5.74) is 2.37. The molecule has 0 saturated carbocycles. The van der Waals surface area contributed by atoms with E-state index in [9.17, 15) is 28.8 Å².